The third-order valence-electron chi connectivity index (χ3n) is 35.0. The van der Waals surface area contributed by atoms with E-state index >= 15 is 0 Å². The Labute approximate surface area is 884 Å². The summed E-state index contributed by atoms with van der Waals surface area (Å²) in [6, 6.07) is 25.4. The fourth-order valence-electron chi connectivity index (χ4n) is 26.4. The number of nitrogens with zero attached hydrogens (tertiary/aromatic N) is 4. The maximum Gasteiger partial charge on any atom is 0.253 e. The molecule has 0 radical (unpaired) electrons. The van der Waals surface area contributed by atoms with Gasteiger partial charge >= 0.3 is 0 Å². The number of allylic oxidation sites excluding steroid dienone is 8. The van der Waals surface area contributed by atoms with Crippen molar-refractivity contribution >= 4 is 65.5 Å². The zero-order valence-corrected chi connectivity index (χ0v) is 92.7. The van der Waals surface area contributed by atoms with Crippen LogP contribution in [0.25, 0.3) is 18.2 Å². The Balaban J connectivity index is 0.000000242. The molecular formula is C133H202N4O8. The minimum absolute atomic E-state index is 0.0499. The molecule has 8 amide bonds. The van der Waals surface area contributed by atoms with E-state index in [0.29, 0.717) is 49.9 Å². The van der Waals surface area contributed by atoms with E-state index in [1.807, 2.05) is 18.2 Å². The first-order valence-electron chi connectivity index (χ1n) is 60.5. The first-order chi connectivity index (χ1) is 70.9. The molecule has 7 aliphatic carbocycles. The summed E-state index contributed by atoms with van der Waals surface area (Å²) in [6.07, 6.45) is 109. The van der Waals surface area contributed by atoms with Gasteiger partial charge in [0, 0.05) is 50.5 Å². The van der Waals surface area contributed by atoms with Gasteiger partial charge in [0.1, 0.15) is 0 Å². The molecule has 12 heteroatoms. The minimum Gasteiger partial charge on any atom is -0.282 e. The van der Waals surface area contributed by atoms with Gasteiger partial charge in [-0.15, -0.1) is 0 Å². The van der Waals surface area contributed by atoms with Crippen LogP contribution in [0.2, 0.25) is 0 Å². The van der Waals surface area contributed by atoms with Gasteiger partial charge in [0.25, 0.3) is 23.6 Å². The lowest BCUT2D eigenvalue weighted by molar-refractivity contribution is -0.142. The lowest BCUT2D eigenvalue weighted by atomic mass is 9.62. The van der Waals surface area contributed by atoms with Crippen LogP contribution in [0.4, 0.5) is 0 Å². The van der Waals surface area contributed by atoms with Crippen LogP contribution in [0.15, 0.2) is 165 Å². The summed E-state index contributed by atoms with van der Waals surface area (Å²) in [4.78, 5) is 105. The van der Waals surface area contributed by atoms with E-state index in [9.17, 15) is 38.4 Å². The van der Waals surface area contributed by atoms with Crippen LogP contribution in [0, 0.1) is 94.7 Å². The third-order valence-corrected chi connectivity index (χ3v) is 35.0. The highest BCUT2D eigenvalue weighted by atomic mass is 16.2. The number of fused-ring (bicyclic) bond motifs is 10. The Morgan fingerprint density at radius 3 is 0.690 bits per heavy atom. The lowest BCUT2D eigenvalue weighted by Crippen LogP contribution is -2.33. The van der Waals surface area contributed by atoms with Crippen molar-refractivity contribution in [1.82, 2.24) is 19.6 Å². The second-order valence-corrected chi connectivity index (χ2v) is 45.5. The van der Waals surface area contributed by atoms with Gasteiger partial charge in [-0.25, -0.2) is 0 Å². The molecule has 3 aromatic rings. The fraction of sp³-hybridized carbons (Fsp3) is 0.669. The zero-order chi connectivity index (χ0) is 103. The number of imide groups is 4. The van der Waals surface area contributed by atoms with Crippen molar-refractivity contribution in [2.24, 2.45) is 94.7 Å². The monoisotopic (exact) mass is 1980 g/mol. The van der Waals surface area contributed by atoms with Gasteiger partial charge in [-0.05, 0) is 207 Å². The van der Waals surface area contributed by atoms with Crippen LogP contribution in [-0.4, -0.2) is 93.0 Å². The SMILES string of the molecule is C1=CCC=C1.C=Cc1ccc(CC)cc1.C=Cc1ccc(CC)cc1.C=Cc1ccc(CC)cc1.CCCCCCCCC1C(CCCCCC)CC(CCCCCCCCN2C(=O)C3C4C=CC(C4)C3C2=O)CC1CCCCCCCCN1C(=O)C2C3C=CC(C3)C2C1=O.CCCCCCCCC1C(CCCCCC)CC(CCCCCCCCN2C(=O)C=CC2=O)CC1CCCCCCCCN1C(=O)C=CC1=O. The van der Waals surface area contributed by atoms with Crippen molar-refractivity contribution < 1.29 is 38.4 Å². The summed E-state index contributed by atoms with van der Waals surface area (Å²) < 4.78 is 0. The highest BCUT2D eigenvalue weighted by Crippen LogP contribution is 2.55. The van der Waals surface area contributed by atoms with E-state index in [1.165, 1.54) is 376 Å². The molecule has 802 valence electrons. The minimum atomic E-state index is -0.153. The van der Waals surface area contributed by atoms with Crippen molar-refractivity contribution in [3.05, 3.63) is 199 Å². The molecule has 4 bridgehead atoms. The first-order valence-corrected chi connectivity index (χ1v) is 60.5. The zero-order valence-electron chi connectivity index (χ0n) is 92.7. The molecule has 3 aromatic carbocycles. The normalized spacial score (nSPS) is 24.1. The number of carbonyl (C=O) groups excluding carboxylic acids is 8. The number of hydrogen-bond donors (Lipinski definition) is 0. The van der Waals surface area contributed by atoms with Crippen molar-refractivity contribution in [3.63, 3.8) is 0 Å². The Morgan fingerprint density at radius 1 is 0.248 bits per heavy atom. The Kier molecular flexibility index (Phi) is 58.8. The average Bonchev–Trinajstić information content (AvgIpc) is 1.58. The molecule has 0 aromatic heterocycles. The van der Waals surface area contributed by atoms with Crippen LogP contribution in [-0.2, 0) is 57.6 Å². The first kappa shape index (κ1) is 120. The summed E-state index contributed by atoms with van der Waals surface area (Å²) in [5.41, 5.74) is 7.72. The van der Waals surface area contributed by atoms with Crippen LogP contribution < -0.4 is 0 Å². The van der Waals surface area contributed by atoms with Gasteiger partial charge in [-0.1, -0.05) is 503 Å². The molecule has 4 aliphatic heterocycles. The maximum atomic E-state index is 13.1. The number of likely N-dealkylation sites (tertiary alicyclic amines) is 2. The molecule has 11 aliphatic rings. The molecule has 16 unspecified atom stereocenters. The largest absolute Gasteiger partial charge is 0.282 e. The summed E-state index contributed by atoms with van der Waals surface area (Å²) in [6.45, 7) is 29.2. The van der Waals surface area contributed by atoms with E-state index in [0.717, 1.165) is 137 Å². The highest BCUT2D eigenvalue weighted by Gasteiger charge is 2.60. The summed E-state index contributed by atoms with van der Waals surface area (Å²) in [5.74, 6) is 8.20. The standard InChI is InChI=1S/C54H86N2O4.C44H74N2O4.3C10H12.C5H6/c1-3-5-7-9-16-22-28-46-40(26-20-8-6-4-2)35-39(25-19-14-10-12-17-23-33-55-51(57)47-42-29-30-43(37-42)48(47)52(55)58)36-41(46)27-21-15-11-13-18-24-34-56-53(59)49-44-31-32-45(38-44)50(49)54(56)60;1-3-5-7-9-16-22-28-40-38(26-20-8-6-4-2)35-37(25-19-14-10-12-17-23-33-45-41(47)29-30-42(45)48)36-39(40)27-21-15-11-13-18-24-34-46-43(49)31-32-44(46)50;3*1-3-9-5-7-10(4-2)8-6-9;1-2-4-5-3-1/h29-32,39-50H,3-28,33-38H2,1-2H3;29-32,37-40H,3-28,33-36H2,1-2H3;3*3,5-8H,1,4H2,2H3;1-4H,5H2. The number of unbranched alkanes of at least 4 members (excludes halogenated alkanes) is 36. The predicted molar refractivity (Wildman–Crippen MR) is 610 cm³/mol. The van der Waals surface area contributed by atoms with Crippen LogP contribution in [0.1, 0.15) is 461 Å². The van der Waals surface area contributed by atoms with Crippen LogP contribution in [0.3, 0.4) is 0 Å². The molecule has 4 saturated carbocycles. The summed E-state index contributed by atoms with van der Waals surface area (Å²) in [7, 11) is 0. The van der Waals surface area contributed by atoms with Crippen LogP contribution in [0.5, 0.6) is 0 Å². The number of hydrogen-bond acceptors (Lipinski definition) is 8. The summed E-state index contributed by atoms with van der Waals surface area (Å²) >= 11 is 0. The fourth-order valence-corrected chi connectivity index (χ4v) is 26.4. The van der Waals surface area contributed by atoms with Crippen molar-refractivity contribution in [1.29, 1.82) is 0 Å². The van der Waals surface area contributed by atoms with Crippen molar-refractivity contribution in [3.8, 4) is 0 Å². The van der Waals surface area contributed by atoms with Crippen molar-refractivity contribution in [2.75, 3.05) is 26.2 Å². The van der Waals surface area contributed by atoms with Gasteiger partial charge in [-0.3, -0.25) is 58.0 Å². The Morgan fingerprint density at radius 2 is 0.462 bits per heavy atom. The smallest absolute Gasteiger partial charge is 0.253 e. The van der Waals surface area contributed by atoms with Crippen LogP contribution >= 0.6 is 0 Å². The number of carbonyl (C=O) groups is 8. The molecule has 2 saturated heterocycles. The second kappa shape index (κ2) is 70.8. The number of rotatable bonds is 66. The number of aryl methyl sites for hydroxylation is 3. The predicted octanol–water partition coefficient (Wildman–Crippen LogP) is 34.5. The Bertz CT molecular complexity index is 4200. The van der Waals surface area contributed by atoms with Crippen molar-refractivity contribution in [2.45, 2.75) is 447 Å². The molecule has 6 fully saturated rings. The molecule has 14 rings (SSSR count). The van der Waals surface area contributed by atoms with Gasteiger partial charge < -0.3 is 0 Å². The summed E-state index contributed by atoms with van der Waals surface area (Å²) in [5, 5.41) is 0. The molecule has 12 nitrogen and oxygen atoms in total. The molecule has 0 spiro atoms. The van der Waals surface area contributed by atoms with E-state index in [4.69, 9.17) is 0 Å². The highest BCUT2D eigenvalue weighted by molar-refractivity contribution is 6.13. The Hall–Kier alpha value is -8.12. The molecular weight excluding hydrogens is 1780 g/mol. The molecule has 4 heterocycles. The van der Waals surface area contributed by atoms with E-state index in [2.05, 4.69) is 190 Å². The quantitative estimate of drug-likeness (QED) is 0.0308. The van der Waals surface area contributed by atoms with Gasteiger partial charge in [0.15, 0.2) is 0 Å². The van der Waals surface area contributed by atoms with Gasteiger partial charge in [0.05, 0.1) is 23.7 Å². The molecule has 16 atom stereocenters. The maximum absolute atomic E-state index is 13.1. The average molecular weight is 1990 g/mol. The second-order valence-electron chi connectivity index (χ2n) is 45.5. The van der Waals surface area contributed by atoms with E-state index in [1.54, 1.807) is 9.80 Å². The topological polar surface area (TPSA) is 150 Å². The van der Waals surface area contributed by atoms with E-state index in [-0.39, 0.29) is 70.9 Å². The van der Waals surface area contributed by atoms with E-state index < -0.39 is 0 Å². The molecule has 0 N–H and O–H groups in total. The third kappa shape index (κ3) is 41.3. The number of benzene rings is 3. The lowest BCUT2D eigenvalue weighted by Gasteiger charge is -2.43. The number of amides is 8. The van der Waals surface area contributed by atoms with Gasteiger partial charge in [0.2, 0.25) is 23.6 Å². The molecule has 145 heavy (non-hydrogen) atoms. The van der Waals surface area contributed by atoms with Gasteiger partial charge in [-0.2, -0.15) is 0 Å².